The number of rotatable bonds is 5. The molecule has 1 amide bonds. The van der Waals surface area contributed by atoms with Crippen LogP contribution in [0.3, 0.4) is 0 Å². The van der Waals surface area contributed by atoms with Crippen molar-refractivity contribution in [1.29, 1.82) is 0 Å². The molecule has 8 heteroatoms. The molecule has 1 fully saturated rings. The van der Waals surface area contributed by atoms with E-state index in [-0.39, 0.29) is 17.2 Å². The van der Waals surface area contributed by atoms with Crippen molar-refractivity contribution in [3.63, 3.8) is 0 Å². The van der Waals surface area contributed by atoms with Gasteiger partial charge in [-0.05, 0) is 61.7 Å². The number of halogens is 2. The molecule has 0 aliphatic carbocycles. The third-order valence-electron chi connectivity index (χ3n) is 4.87. The molecule has 0 unspecified atom stereocenters. The van der Waals surface area contributed by atoms with Crippen LogP contribution in [-0.2, 0) is 14.8 Å². The maximum Gasteiger partial charge on any atom is 0.243 e. The van der Waals surface area contributed by atoms with Crippen molar-refractivity contribution in [2.75, 3.05) is 11.9 Å². The first-order valence-electron chi connectivity index (χ1n) is 9.11. The fraction of sp³-hybridized carbons (Fsp3) is 0.350. The fourth-order valence-electron chi connectivity index (χ4n) is 3.33. The summed E-state index contributed by atoms with van der Waals surface area (Å²) in [6.07, 6.45) is 2.23. The molecule has 0 spiro atoms. The molecule has 1 aliphatic rings. The quantitative estimate of drug-likeness (QED) is 0.775. The van der Waals surface area contributed by atoms with Crippen molar-refractivity contribution in [1.82, 2.24) is 4.31 Å². The van der Waals surface area contributed by atoms with Gasteiger partial charge in [0.05, 0.1) is 4.90 Å². The number of hydrogen-bond acceptors (Lipinski definition) is 3. The number of amides is 1. The van der Waals surface area contributed by atoms with Gasteiger partial charge in [0.2, 0.25) is 15.9 Å². The molecule has 1 N–H and O–H groups in total. The summed E-state index contributed by atoms with van der Waals surface area (Å²) in [4.78, 5) is 12.5. The molecule has 1 heterocycles. The molecule has 28 heavy (non-hydrogen) atoms. The first kappa shape index (κ1) is 20.8. The number of sulfonamides is 1. The Hall–Kier alpha value is -1.96. The van der Waals surface area contributed by atoms with E-state index in [9.17, 15) is 17.6 Å². The minimum absolute atomic E-state index is 0.0338. The normalized spacial score (nSPS) is 18.0. The number of piperidine rings is 1. The van der Waals surface area contributed by atoms with Crippen LogP contribution >= 0.6 is 11.6 Å². The van der Waals surface area contributed by atoms with Gasteiger partial charge in [-0.2, -0.15) is 4.31 Å². The van der Waals surface area contributed by atoms with Gasteiger partial charge in [0.1, 0.15) is 5.82 Å². The van der Waals surface area contributed by atoms with Gasteiger partial charge in [-0.1, -0.05) is 24.1 Å². The van der Waals surface area contributed by atoms with E-state index in [1.165, 1.54) is 16.4 Å². The third kappa shape index (κ3) is 4.71. The highest BCUT2D eigenvalue weighted by Crippen LogP contribution is 2.28. The molecule has 5 nitrogen and oxygen atoms in total. The van der Waals surface area contributed by atoms with Crippen molar-refractivity contribution >= 4 is 33.2 Å². The van der Waals surface area contributed by atoms with Crippen LogP contribution in [0, 0.1) is 12.7 Å². The van der Waals surface area contributed by atoms with Gasteiger partial charge < -0.3 is 5.32 Å². The zero-order valence-electron chi connectivity index (χ0n) is 15.5. The van der Waals surface area contributed by atoms with E-state index in [1.807, 2.05) is 13.0 Å². The van der Waals surface area contributed by atoms with E-state index in [0.717, 1.165) is 30.5 Å². The Morgan fingerprint density at radius 2 is 1.93 bits per heavy atom. The van der Waals surface area contributed by atoms with Crippen LogP contribution in [0.25, 0.3) is 0 Å². The average Bonchev–Trinajstić information content (AvgIpc) is 2.65. The maximum atomic E-state index is 13.2. The Balaban J connectivity index is 1.74. The lowest BCUT2D eigenvalue weighted by atomic mass is 10.0. The maximum absolute atomic E-state index is 13.2. The second-order valence-corrected chi connectivity index (χ2v) is 9.23. The summed E-state index contributed by atoms with van der Waals surface area (Å²) in [5.74, 6) is -0.767. The van der Waals surface area contributed by atoms with Crippen molar-refractivity contribution in [3.8, 4) is 0 Å². The number of nitrogens with zero attached hydrogens (tertiary/aromatic N) is 1. The average molecular weight is 425 g/mol. The van der Waals surface area contributed by atoms with E-state index in [2.05, 4.69) is 5.32 Å². The molecule has 3 rings (SSSR count). The van der Waals surface area contributed by atoms with Gasteiger partial charge in [-0.15, -0.1) is 0 Å². The zero-order valence-corrected chi connectivity index (χ0v) is 17.1. The number of nitrogens with one attached hydrogen (secondary N) is 1. The summed E-state index contributed by atoms with van der Waals surface area (Å²) in [7, 11) is -3.79. The van der Waals surface area contributed by atoms with Crippen molar-refractivity contribution < 1.29 is 17.6 Å². The Labute approximate surface area is 169 Å². The predicted octanol–water partition coefficient (Wildman–Crippen LogP) is 4.36. The Bertz CT molecular complexity index is 964. The van der Waals surface area contributed by atoms with Gasteiger partial charge in [0.25, 0.3) is 0 Å². The SMILES string of the molecule is Cc1ccc(NC(=O)C[C@@H]2CCCCN2S(=O)(=O)c2ccc(F)cc2)cc1Cl. The molecule has 1 atom stereocenters. The molecule has 150 valence electrons. The van der Waals surface area contributed by atoms with Crippen molar-refractivity contribution in [2.45, 2.75) is 43.5 Å². The standard InChI is InChI=1S/C20H22ClFN2O3S/c1-14-5-8-16(12-19(14)21)23-20(25)13-17-4-2-3-11-24(17)28(26,27)18-9-6-15(22)7-10-18/h5-10,12,17H,2-4,11,13H2,1H3,(H,23,25)/t17-/m0/s1. The summed E-state index contributed by atoms with van der Waals surface area (Å²) in [5.41, 5.74) is 1.48. The fourth-order valence-corrected chi connectivity index (χ4v) is 5.21. The Morgan fingerprint density at radius 1 is 1.21 bits per heavy atom. The predicted molar refractivity (Wildman–Crippen MR) is 107 cm³/mol. The highest BCUT2D eigenvalue weighted by atomic mass is 35.5. The highest BCUT2D eigenvalue weighted by molar-refractivity contribution is 7.89. The molecule has 2 aromatic carbocycles. The first-order chi connectivity index (χ1) is 13.3. The van der Waals surface area contributed by atoms with E-state index >= 15 is 0 Å². The summed E-state index contributed by atoms with van der Waals surface area (Å²) in [6.45, 7) is 2.21. The van der Waals surface area contributed by atoms with Gasteiger partial charge in [-0.3, -0.25) is 4.79 Å². The number of hydrogen-bond donors (Lipinski definition) is 1. The number of anilines is 1. The number of carbonyl (C=O) groups excluding carboxylic acids is 1. The lowest BCUT2D eigenvalue weighted by Gasteiger charge is -2.34. The van der Waals surface area contributed by atoms with Gasteiger partial charge in [0.15, 0.2) is 0 Å². The molecule has 0 saturated carbocycles. The van der Waals surface area contributed by atoms with Gasteiger partial charge >= 0.3 is 0 Å². The molecule has 0 aromatic heterocycles. The van der Waals surface area contributed by atoms with E-state index in [0.29, 0.717) is 23.7 Å². The summed E-state index contributed by atoms with van der Waals surface area (Å²) >= 11 is 6.09. The van der Waals surface area contributed by atoms with Crippen LogP contribution in [0.1, 0.15) is 31.2 Å². The Morgan fingerprint density at radius 3 is 2.61 bits per heavy atom. The molecule has 1 saturated heterocycles. The van der Waals surface area contributed by atoms with Crippen LogP contribution in [0.2, 0.25) is 5.02 Å². The van der Waals surface area contributed by atoms with Crippen LogP contribution in [-0.4, -0.2) is 31.2 Å². The van der Waals surface area contributed by atoms with Crippen LogP contribution in [0.5, 0.6) is 0 Å². The summed E-state index contributed by atoms with van der Waals surface area (Å²) in [6, 6.07) is 9.55. The summed E-state index contributed by atoms with van der Waals surface area (Å²) < 4.78 is 40.5. The molecule has 2 aromatic rings. The lowest BCUT2D eigenvalue weighted by molar-refractivity contribution is -0.117. The second kappa shape index (κ2) is 8.59. The van der Waals surface area contributed by atoms with Crippen molar-refractivity contribution in [3.05, 3.63) is 58.9 Å². The highest BCUT2D eigenvalue weighted by Gasteiger charge is 2.34. The molecular weight excluding hydrogens is 403 g/mol. The summed E-state index contributed by atoms with van der Waals surface area (Å²) in [5, 5.41) is 3.33. The lowest BCUT2D eigenvalue weighted by Crippen LogP contribution is -2.45. The monoisotopic (exact) mass is 424 g/mol. The third-order valence-corrected chi connectivity index (χ3v) is 7.24. The zero-order chi connectivity index (χ0) is 20.3. The number of carbonyl (C=O) groups is 1. The van der Waals surface area contributed by atoms with E-state index in [1.54, 1.807) is 12.1 Å². The minimum Gasteiger partial charge on any atom is -0.326 e. The topological polar surface area (TPSA) is 66.5 Å². The smallest absolute Gasteiger partial charge is 0.243 e. The van der Waals surface area contributed by atoms with Gasteiger partial charge in [-0.25, -0.2) is 12.8 Å². The van der Waals surface area contributed by atoms with E-state index in [4.69, 9.17) is 11.6 Å². The molecule has 1 aliphatic heterocycles. The minimum atomic E-state index is -3.79. The van der Waals surface area contributed by atoms with Crippen molar-refractivity contribution in [2.24, 2.45) is 0 Å². The van der Waals surface area contributed by atoms with E-state index < -0.39 is 21.9 Å². The molecular formula is C20H22ClFN2O3S. The van der Waals surface area contributed by atoms with Crippen LogP contribution < -0.4 is 5.32 Å². The largest absolute Gasteiger partial charge is 0.326 e. The van der Waals surface area contributed by atoms with Gasteiger partial charge in [0, 0.05) is 29.7 Å². The first-order valence-corrected chi connectivity index (χ1v) is 10.9. The number of aryl methyl sites for hydroxylation is 1. The van der Waals surface area contributed by atoms with Crippen LogP contribution in [0.4, 0.5) is 10.1 Å². The number of benzene rings is 2. The molecule has 0 bridgehead atoms. The second-order valence-electron chi connectivity index (χ2n) is 6.94. The van der Waals surface area contributed by atoms with Crippen LogP contribution in [0.15, 0.2) is 47.4 Å². The molecule has 0 radical (unpaired) electrons. The Kier molecular flexibility index (Phi) is 6.37.